The van der Waals surface area contributed by atoms with Crippen LogP contribution in [0.15, 0.2) is 0 Å². The lowest BCUT2D eigenvalue weighted by atomic mass is 9.49. The normalized spacial score (nSPS) is 38.7. The Bertz CT molecular complexity index is 610. The molecule has 116 valence electrons. The number of nitrogens with zero attached hydrogens (tertiary/aromatic N) is 3. The molecular weight excluding hydrogens is 280 g/mol. The molecule has 3 fully saturated rings. The molecule has 0 radical (unpaired) electrons. The fraction of sp³-hybridized carbons (Fsp3) is 0.750. The SMILES string of the molecule is CCC[C@@H]1C(C#N)(C#N)[C@@]2(C#N)C(=N)O[C@@]1(C)O[C@@H]2C(C)C. The van der Waals surface area contributed by atoms with Crippen molar-refractivity contribution < 1.29 is 9.47 Å². The molecule has 6 heteroatoms. The summed E-state index contributed by atoms with van der Waals surface area (Å²) in [6, 6.07) is 6.23. The Balaban J connectivity index is 2.81. The molecular formula is C16H20N4O2. The van der Waals surface area contributed by atoms with E-state index < -0.39 is 28.6 Å². The van der Waals surface area contributed by atoms with E-state index in [1.807, 2.05) is 20.8 Å². The quantitative estimate of drug-likeness (QED) is 0.860. The first-order chi connectivity index (χ1) is 10.3. The van der Waals surface area contributed by atoms with Crippen molar-refractivity contribution in [2.24, 2.45) is 22.7 Å². The number of hydrogen-bond donors (Lipinski definition) is 1. The van der Waals surface area contributed by atoms with E-state index in [2.05, 4.69) is 18.2 Å². The van der Waals surface area contributed by atoms with Crippen molar-refractivity contribution in [3.05, 3.63) is 0 Å². The summed E-state index contributed by atoms with van der Waals surface area (Å²) >= 11 is 0. The number of hydrogen-bond acceptors (Lipinski definition) is 6. The van der Waals surface area contributed by atoms with Crippen molar-refractivity contribution in [3.63, 3.8) is 0 Å². The molecule has 4 atom stereocenters. The average Bonchev–Trinajstić information content (AvgIpc) is 2.48. The molecule has 6 nitrogen and oxygen atoms in total. The highest BCUT2D eigenvalue weighted by Gasteiger charge is 2.78. The fourth-order valence-electron chi connectivity index (χ4n) is 3.96. The summed E-state index contributed by atoms with van der Waals surface area (Å²) in [5.41, 5.74) is -3.34. The van der Waals surface area contributed by atoms with Gasteiger partial charge >= 0.3 is 0 Å². The van der Waals surface area contributed by atoms with Gasteiger partial charge in [0.2, 0.25) is 11.7 Å². The molecule has 0 aromatic heterocycles. The Morgan fingerprint density at radius 2 is 1.82 bits per heavy atom. The van der Waals surface area contributed by atoms with E-state index >= 15 is 0 Å². The topological polar surface area (TPSA) is 114 Å². The van der Waals surface area contributed by atoms with Gasteiger partial charge in [0.05, 0.1) is 30.2 Å². The third-order valence-electron chi connectivity index (χ3n) is 4.94. The smallest absolute Gasteiger partial charge is 0.215 e. The molecule has 22 heavy (non-hydrogen) atoms. The minimum Gasteiger partial charge on any atom is -0.448 e. The van der Waals surface area contributed by atoms with E-state index in [0.717, 1.165) is 6.42 Å². The second kappa shape index (κ2) is 4.97. The van der Waals surface area contributed by atoms with Crippen molar-refractivity contribution in [1.29, 1.82) is 21.2 Å². The zero-order chi connectivity index (χ0) is 16.8. The largest absolute Gasteiger partial charge is 0.448 e. The molecule has 0 spiro atoms. The lowest BCUT2D eigenvalue weighted by molar-refractivity contribution is -0.347. The zero-order valence-corrected chi connectivity index (χ0v) is 13.3. The van der Waals surface area contributed by atoms with Crippen LogP contribution in [-0.2, 0) is 9.47 Å². The third-order valence-corrected chi connectivity index (χ3v) is 4.94. The van der Waals surface area contributed by atoms with Crippen molar-refractivity contribution in [2.75, 3.05) is 0 Å². The number of fused-ring (bicyclic) bond motifs is 3. The van der Waals surface area contributed by atoms with Gasteiger partial charge in [0.1, 0.15) is 0 Å². The summed E-state index contributed by atoms with van der Waals surface area (Å²) in [6.07, 6.45) is 0.509. The van der Waals surface area contributed by atoms with Gasteiger partial charge in [-0.1, -0.05) is 27.2 Å². The van der Waals surface area contributed by atoms with Crippen molar-refractivity contribution in [3.8, 4) is 18.2 Å². The predicted molar refractivity (Wildman–Crippen MR) is 77.0 cm³/mol. The molecule has 3 aliphatic rings. The maximum atomic E-state index is 9.87. The van der Waals surface area contributed by atoms with E-state index in [4.69, 9.17) is 14.9 Å². The van der Waals surface area contributed by atoms with E-state index in [9.17, 15) is 15.8 Å². The van der Waals surface area contributed by atoms with Gasteiger partial charge in [-0.3, -0.25) is 5.41 Å². The molecule has 0 saturated carbocycles. The van der Waals surface area contributed by atoms with Crippen molar-refractivity contribution in [2.45, 2.75) is 52.4 Å². The molecule has 3 aliphatic heterocycles. The van der Waals surface area contributed by atoms with Crippen LogP contribution in [0.4, 0.5) is 0 Å². The molecule has 2 bridgehead atoms. The maximum absolute atomic E-state index is 9.87. The van der Waals surface area contributed by atoms with E-state index in [-0.39, 0.29) is 11.8 Å². The van der Waals surface area contributed by atoms with E-state index in [0.29, 0.717) is 6.42 Å². The first kappa shape index (κ1) is 16.3. The summed E-state index contributed by atoms with van der Waals surface area (Å²) in [6.45, 7) is 7.32. The van der Waals surface area contributed by atoms with Gasteiger partial charge in [0.15, 0.2) is 10.8 Å². The molecule has 3 saturated heterocycles. The van der Waals surface area contributed by atoms with Crippen LogP contribution in [0.2, 0.25) is 0 Å². The molecule has 3 heterocycles. The van der Waals surface area contributed by atoms with Crippen LogP contribution < -0.4 is 0 Å². The predicted octanol–water partition coefficient (Wildman–Crippen LogP) is 2.72. The highest BCUT2D eigenvalue weighted by atomic mass is 16.7. The first-order valence-electron chi connectivity index (χ1n) is 7.49. The van der Waals surface area contributed by atoms with Gasteiger partial charge in [-0.05, 0) is 12.3 Å². The fourth-order valence-corrected chi connectivity index (χ4v) is 3.96. The highest BCUT2D eigenvalue weighted by Crippen LogP contribution is 2.64. The maximum Gasteiger partial charge on any atom is 0.215 e. The van der Waals surface area contributed by atoms with Gasteiger partial charge in [-0.15, -0.1) is 0 Å². The lowest BCUT2D eigenvalue weighted by Crippen LogP contribution is -2.75. The molecule has 1 N–H and O–H groups in total. The summed E-state index contributed by atoms with van der Waals surface area (Å²) < 4.78 is 11.6. The van der Waals surface area contributed by atoms with E-state index in [1.54, 1.807) is 6.92 Å². The number of nitriles is 3. The molecule has 0 amide bonds. The average molecular weight is 300 g/mol. The van der Waals surface area contributed by atoms with E-state index in [1.165, 1.54) is 0 Å². The standard InChI is InChI=1S/C16H20N4O2/c1-5-6-11-14(4)21-12(10(2)3)16(9-19,13(20)22-14)15(11,7-17)8-18/h10-12,20H,5-6H2,1-4H3/t11-,12+,14+,16+/m0/s1. The Labute approximate surface area is 130 Å². The lowest BCUT2D eigenvalue weighted by Gasteiger charge is -2.62. The Morgan fingerprint density at radius 3 is 2.23 bits per heavy atom. The summed E-state index contributed by atoms with van der Waals surface area (Å²) in [5, 5.41) is 37.8. The van der Waals surface area contributed by atoms with Crippen molar-refractivity contribution in [1.82, 2.24) is 0 Å². The number of nitrogens with one attached hydrogen (secondary N) is 1. The first-order valence-corrected chi connectivity index (χ1v) is 7.49. The Hall–Kier alpha value is -2.10. The van der Waals surface area contributed by atoms with Crippen LogP contribution in [0.25, 0.3) is 0 Å². The van der Waals surface area contributed by atoms with Gasteiger partial charge in [-0.2, -0.15) is 15.8 Å². The summed E-state index contributed by atoms with van der Waals surface area (Å²) in [5.74, 6) is -2.26. The van der Waals surface area contributed by atoms with Gasteiger partial charge in [-0.25, -0.2) is 0 Å². The Morgan fingerprint density at radius 1 is 1.23 bits per heavy atom. The van der Waals surface area contributed by atoms with Crippen LogP contribution in [0.3, 0.4) is 0 Å². The molecule has 3 rings (SSSR count). The summed E-state index contributed by atoms with van der Waals surface area (Å²) in [4.78, 5) is 0. The van der Waals surface area contributed by atoms with Crippen LogP contribution in [0.5, 0.6) is 0 Å². The van der Waals surface area contributed by atoms with Gasteiger partial charge in [0, 0.05) is 6.92 Å². The van der Waals surface area contributed by atoms with Crippen LogP contribution >= 0.6 is 0 Å². The second-order valence-electron chi connectivity index (χ2n) is 6.52. The summed E-state index contributed by atoms with van der Waals surface area (Å²) in [7, 11) is 0. The molecule has 0 aromatic rings. The molecule has 0 aliphatic carbocycles. The van der Waals surface area contributed by atoms with Crippen molar-refractivity contribution >= 4 is 5.90 Å². The second-order valence-corrected chi connectivity index (χ2v) is 6.52. The minimum atomic E-state index is -1.69. The van der Waals surface area contributed by atoms with Gasteiger partial charge in [0.25, 0.3) is 0 Å². The van der Waals surface area contributed by atoms with Gasteiger partial charge < -0.3 is 9.47 Å². The van der Waals surface area contributed by atoms with Crippen LogP contribution in [-0.4, -0.2) is 17.8 Å². The minimum absolute atomic E-state index is 0.133. The van der Waals surface area contributed by atoms with Crippen LogP contribution in [0, 0.1) is 62.1 Å². The molecule has 0 unspecified atom stereocenters. The number of rotatable bonds is 3. The zero-order valence-electron chi connectivity index (χ0n) is 13.3. The monoisotopic (exact) mass is 300 g/mol. The number of ether oxygens (including phenoxy) is 2. The van der Waals surface area contributed by atoms with Crippen LogP contribution in [0.1, 0.15) is 40.5 Å². The molecule has 0 aromatic carbocycles. The third kappa shape index (κ3) is 1.58. The highest BCUT2D eigenvalue weighted by molar-refractivity contribution is 5.88. The Kier molecular flexibility index (Phi) is 3.68.